The van der Waals surface area contributed by atoms with Crippen LogP contribution in [0.25, 0.3) is 0 Å². The summed E-state index contributed by atoms with van der Waals surface area (Å²) >= 11 is 0. The predicted octanol–water partition coefficient (Wildman–Crippen LogP) is 5.42. The molecule has 0 radical (unpaired) electrons. The summed E-state index contributed by atoms with van der Waals surface area (Å²) in [5.74, 6) is 6.63. The molecule has 0 saturated heterocycles. The molecule has 0 aromatic heterocycles. The number of nitrogens with zero attached hydrogens (tertiary/aromatic N) is 1. The number of nitrogens with two attached hydrogens (primary N) is 1. The zero-order valence-corrected chi connectivity index (χ0v) is 22.7. The molecule has 5 rings (SSSR count). The van der Waals surface area contributed by atoms with Crippen LogP contribution < -0.4 is 11.3 Å². The zero-order valence-electron chi connectivity index (χ0n) is 22.7. The molecule has 7 atom stereocenters. The Morgan fingerprint density at radius 1 is 1.00 bits per heavy atom. The molecular weight excluding hydrogens is 434 g/mol. The largest absolute Gasteiger partial charge is 0.295 e. The Morgan fingerprint density at radius 2 is 1.66 bits per heavy atom. The van der Waals surface area contributed by atoms with Crippen molar-refractivity contribution in [1.82, 2.24) is 5.43 Å². The number of ketones is 2. The second-order valence-electron chi connectivity index (χ2n) is 14.6. The SMILES string of the molecule is CC1(C)CC[C@]2(NN)CC[C@]3(C)[C@H](C(=O)C=C4[C@@]5(C)C=C(C#N)C(=O)C(C)(C)C5CC[C@]43C)C2C1. The third-order valence-corrected chi connectivity index (χ3v) is 12.1. The van der Waals surface area contributed by atoms with Gasteiger partial charge in [-0.3, -0.25) is 20.9 Å². The number of hydrogen-bond donors (Lipinski definition) is 2. The van der Waals surface area contributed by atoms with E-state index in [2.05, 4.69) is 46.1 Å². The number of carbonyl (C=O) groups excluding carboxylic acids is 2. The summed E-state index contributed by atoms with van der Waals surface area (Å²) in [5.41, 5.74) is 3.19. The van der Waals surface area contributed by atoms with Crippen LogP contribution in [0.3, 0.4) is 0 Å². The van der Waals surface area contributed by atoms with Crippen molar-refractivity contribution in [3.63, 3.8) is 0 Å². The first-order valence-electron chi connectivity index (χ1n) is 13.5. The van der Waals surface area contributed by atoms with Crippen molar-refractivity contribution in [3.8, 4) is 6.07 Å². The highest BCUT2D eigenvalue weighted by Gasteiger charge is 2.69. The standard InChI is InChI=1S/C30H43N3O2/c1-25(2)10-12-30(33-32)13-11-29(7)23(19(30)16-25)20(34)14-22-27(5)15-18(17-31)24(35)26(3,4)21(27)8-9-28(22,29)6/h14-15,19,21,23,33H,8-13,16,32H2,1-7H3/t19?,21?,23-,27-,28+,29+,30-/m0/s1. The van der Waals surface area contributed by atoms with Gasteiger partial charge in [-0.05, 0) is 79.1 Å². The van der Waals surface area contributed by atoms with E-state index in [0.717, 1.165) is 50.5 Å². The lowest BCUT2D eigenvalue weighted by Crippen LogP contribution is -2.70. The Kier molecular flexibility index (Phi) is 5.10. The van der Waals surface area contributed by atoms with Crippen LogP contribution in [-0.4, -0.2) is 17.1 Å². The predicted molar refractivity (Wildman–Crippen MR) is 137 cm³/mol. The third-order valence-electron chi connectivity index (χ3n) is 12.1. The maximum absolute atomic E-state index is 14.3. The van der Waals surface area contributed by atoms with Crippen LogP contribution >= 0.6 is 0 Å². The molecule has 0 aliphatic heterocycles. The molecule has 0 heterocycles. The van der Waals surface area contributed by atoms with E-state index in [-0.39, 0.29) is 56.7 Å². The van der Waals surface area contributed by atoms with E-state index in [1.807, 2.05) is 26.0 Å². The number of allylic oxidation sites excluding steroid dienone is 4. The van der Waals surface area contributed by atoms with Crippen LogP contribution in [0.1, 0.15) is 93.4 Å². The van der Waals surface area contributed by atoms with E-state index in [4.69, 9.17) is 5.84 Å². The van der Waals surface area contributed by atoms with Crippen LogP contribution in [0.5, 0.6) is 0 Å². The first-order chi connectivity index (χ1) is 16.1. The third kappa shape index (κ3) is 2.93. The molecule has 3 fully saturated rings. The van der Waals surface area contributed by atoms with E-state index in [1.165, 1.54) is 0 Å². The minimum Gasteiger partial charge on any atom is -0.295 e. The summed E-state index contributed by atoms with van der Waals surface area (Å²) in [7, 11) is 0. The summed E-state index contributed by atoms with van der Waals surface area (Å²) in [6.07, 6.45) is 10.8. The van der Waals surface area contributed by atoms with Crippen molar-refractivity contribution in [2.24, 2.45) is 50.7 Å². The summed E-state index contributed by atoms with van der Waals surface area (Å²) in [6, 6.07) is 2.19. The van der Waals surface area contributed by atoms with Crippen LogP contribution in [-0.2, 0) is 9.59 Å². The highest BCUT2D eigenvalue weighted by molar-refractivity contribution is 6.04. The minimum absolute atomic E-state index is 0.0567. The fraction of sp³-hybridized carbons (Fsp3) is 0.767. The molecule has 3 N–H and O–H groups in total. The van der Waals surface area contributed by atoms with E-state index in [0.29, 0.717) is 0 Å². The van der Waals surface area contributed by atoms with Gasteiger partial charge in [0.15, 0.2) is 11.6 Å². The first-order valence-corrected chi connectivity index (χ1v) is 13.5. The fourth-order valence-corrected chi connectivity index (χ4v) is 9.88. The molecule has 0 amide bonds. The lowest BCUT2D eigenvalue weighted by Gasteiger charge is -2.69. The number of Topliss-reactive ketones (excluding diaryl/α,β-unsaturated/α-hetero) is 1. The van der Waals surface area contributed by atoms with Gasteiger partial charge in [0.1, 0.15) is 6.07 Å². The normalized spacial score (nSPS) is 47.8. The lowest BCUT2D eigenvalue weighted by molar-refractivity contribution is -0.161. The smallest absolute Gasteiger partial charge is 0.178 e. The molecule has 5 aliphatic carbocycles. The quantitative estimate of drug-likeness (QED) is 0.388. The number of carbonyl (C=O) groups is 2. The van der Waals surface area contributed by atoms with Crippen molar-refractivity contribution in [1.29, 1.82) is 5.26 Å². The maximum atomic E-state index is 14.3. The van der Waals surface area contributed by atoms with Crippen molar-refractivity contribution in [2.45, 2.75) is 99.0 Å². The van der Waals surface area contributed by atoms with Crippen molar-refractivity contribution in [3.05, 3.63) is 23.3 Å². The van der Waals surface area contributed by atoms with E-state index < -0.39 is 10.8 Å². The molecule has 5 heteroatoms. The number of hydrazine groups is 1. The van der Waals surface area contributed by atoms with Crippen LogP contribution in [0.4, 0.5) is 0 Å². The number of fused-ring (bicyclic) bond motifs is 7. The molecule has 0 bridgehead atoms. The first kappa shape index (κ1) is 24.9. The molecular formula is C30H43N3O2. The average Bonchev–Trinajstić information content (AvgIpc) is 2.77. The highest BCUT2D eigenvalue weighted by Crippen LogP contribution is 2.73. The van der Waals surface area contributed by atoms with Crippen LogP contribution in [0.2, 0.25) is 0 Å². The minimum atomic E-state index is -0.629. The molecule has 5 nitrogen and oxygen atoms in total. The van der Waals surface area contributed by atoms with Gasteiger partial charge in [-0.1, -0.05) is 60.1 Å². The Hall–Kier alpha value is -1.77. The fourth-order valence-electron chi connectivity index (χ4n) is 9.88. The Morgan fingerprint density at radius 3 is 2.29 bits per heavy atom. The number of nitriles is 1. The Bertz CT molecular complexity index is 1110. The van der Waals surface area contributed by atoms with Gasteiger partial charge in [0.2, 0.25) is 0 Å². The summed E-state index contributed by atoms with van der Waals surface area (Å²) < 4.78 is 0. The Balaban J connectivity index is 1.70. The maximum Gasteiger partial charge on any atom is 0.178 e. The number of rotatable bonds is 1. The summed E-state index contributed by atoms with van der Waals surface area (Å²) in [6.45, 7) is 15.6. The summed E-state index contributed by atoms with van der Waals surface area (Å²) in [5, 5.41) is 9.84. The van der Waals surface area contributed by atoms with E-state index in [1.54, 1.807) is 0 Å². The van der Waals surface area contributed by atoms with E-state index in [9.17, 15) is 14.9 Å². The van der Waals surface area contributed by atoms with E-state index >= 15 is 0 Å². The average molecular weight is 478 g/mol. The Labute approximate surface area is 210 Å². The molecule has 5 aliphatic rings. The van der Waals surface area contributed by atoms with Crippen LogP contribution in [0, 0.1) is 56.2 Å². The molecule has 3 saturated carbocycles. The molecule has 0 aromatic rings. The van der Waals surface area contributed by atoms with Crippen molar-refractivity contribution in [2.75, 3.05) is 0 Å². The van der Waals surface area contributed by atoms with Gasteiger partial charge in [0.05, 0.1) is 5.57 Å². The molecule has 0 spiro atoms. The molecule has 190 valence electrons. The molecule has 0 aromatic carbocycles. The van der Waals surface area contributed by atoms with Crippen LogP contribution in [0.15, 0.2) is 23.3 Å². The van der Waals surface area contributed by atoms with Gasteiger partial charge in [0, 0.05) is 22.3 Å². The second-order valence-corrected chi connectivity index (χ2v) is 14.6. The van der Waals surface area contributed by atoms with Gasteiger partial charge in [-0.15, -0.1) is 0 Å². The second kappa shape index (κ2) is 7.17. The van der Waals surface area contributed by atoms with Crippen molar-refractivity contribution < 1.29 is 9.59 Å². The molecule has 35 heavy (non-hydrogen) atoms. The number of nitrogens with one attached hydrogen (secondary N) is 1. The highest BCUT2D eigenvalue weighted by atomic mass is 16.1. The van der Waals surface area contributed by atoms with Gasteiger partial charge in [-0.2, -0.15) is 5.26 Å². The van der Waals surface area contributed by atoms with Gasteiger partial charge in [-0.25, -0.2) is 0 Å². The molecule has 2 unspecified atom stereocenters. The monoisotopic (exact) mass is 477 g/mol. The van der Waals surface area contributed by atoms with Crippen molar-refractivity contribution >= 4 is 11.6 Å². The van der Waals surface area contributed by atoms with Gasteiger partial charge < -0.3 is 0 Å². The van der Waals surface area contributed by atoms with Gasteiger partial charge in [0.25, 0.3) is 0 Å². The van der Waals surface area contributed by atoms with Gasteiger partial charge >= 0.3 is 0 Å². The zero-order chi connectivity index (χ0) is 25.8. The topological polar surface area (TPSA) is 96.0 Å². The summed E-state index contributed by atoms with van der Waals surface area (Å²) in [4.78, 5) is 27.4. The number of hydrogen-bond acceptors (Lipinski definition) is 5. The lowest BCUT2D eigenvalue weighted by atomic mass is 9.35.